The Balaban J connectivity index is 2.96. The van der Waals surface area contributed by atoms with Crippen molar-refractivity contribution >= 4 is 5.97 Å². The van der Waals surface area contributed by atoms with Gasteiger partial charge < -0.3 is 9.47 Å². The van der Waals surface area contributed by atoms with Gasteiger partial charge in [0.25, 0.3) is 0 Å². The average Bonchev–Trinajstić information content (AvgIpc) is 2.26. The Morgan fingerprint density at radius 3 is 2.33 bits per heavy atom. The van der Waals surface area contributed by atoms with E-state index in [0.717, 1.165) is 32.2 Å². The number of alkyl halides is 4. The van der Waals surface area contributed by atoms with Crippen molar-refractivity contribution in [3.8, 4) is 5.75 Å². The van der Waals surface area contributed by atoms with Crippen molar-refractivity contribution in [3.63, 3.8) is 0 Å². The summed E-state index contributed by atoms with van der Waals surface area (Å²) in [6.07, 6.45) is -4.57. The zero-order chi connectivity index (χ0) is 14.0. The Morgan fingerprint density at radius 1 is 1.22 bits per heavy atom. The fourth-order valence-corrected chi connectivity index (χ4v) is 1.18. The number of methoxy groups -OCH3 is 1. The molecule has 0 aliphatic carbocycles. The van der Waals surface area contributed by atoms with E-state index in [2.05, 4.69) is 9.47 Å². The van der Waals surface area contributed by atoms with E-state index in [1.807, 2.05) is 0 Å². The third-order valence-corrected chi connectivity index (χ3v) is 2.02. The molecule has 18 heavy (non-hydrogen) atoms. The van der Waals surface area contributed by atoms with Crippen molar-refractivity contribution in [1.29, 1.82) is 0 Å². The number of ether oxygens (including phenoxy) is 2. The molecule has 0 saturated heterocycles. The molecule has 0 amide bonds. The molecule has 0 aliphatic rings. The van der Waals surface area contributed by atoms with Crippen LogP contribution in [0.3, 0.4) is 0 Å². The first-order valence-electron chi connectivity index (χ1n) is 4.80. The predicted molar refractivity (Wildman–Crippen MR) is 53.6 cm³/mol. The molecule has 7 heteroatoms. The van der Waals surface area contributed by atoms with Gasteiger partial charge in [-0.2, -0.15) is 17.6 Å². The molecule has 1 aromatic carbocycles. The highest BCUT2D eigenvalue weighted by Gasteiger charge is 2.37. The first kappa shape index (κ1) is 14.3. The summed E-state index contributed by atoms with van der Waals surface area (Å²) in [5.74, 6) is -4.60. The van der Waals surface area contributed by atoms with Crippen molar-refractivity contribution in [1.82, 2.24) is 0 Å². The summed E-state index contributed by atoms with van der Waals surface area (Å²) in [5.41, 5.74) is -0.999. The van der Waals surface area contributed by atoms with Gasteiger partial charge >= 0.3 is 18.0 Å². The smallest absolute Gasteiger partial charge is 0.416 e. The minimum Gasteiger partial charge on any atom is -0.464 e. The van der Waals surface area contributed by atoms with Crippen LogP contribution in [-0.4, -0.2) is 18.9 Å². The SMILES string of the molecule is COC(=O)C(C)(F)Oc1cccc(C(F)(F)F)c1. The summed E-state index contributed by atoms with van der Waals surface area (Å²) in [7, 11) is 0.940. The minimum atomic E-state index is -4.57. The van der Waals surface area contributed by atoms with Crippen molar-refractivity contribution < 1.29 is 31.8 Å². The fourth-order valence-electron chi connectivity index (χ4n) is 1.18. The van der Waals surface area contributed by atoms with Crippen LogP contribution < -0.4 is 4.74 Å². The number of carbonyl (C=O) groups is 1. The lowest BCUT2D eigenvalue weighted by atomic mass is 10.2. The van der Waals surface area contributed by atoms with Crippen LogP contribution in [0.1, 0.15) is 12.5 Å². The largest absolute Gasteiger partial charge is 0.464 e. The van der Waals surface area contributed by atoms with Crippen LogP contribution >= 0.6 is 0 Å². The van der Waals surface area contributed by atoms with Gasteiger partial charge in [-0.15, -0.1) is 0 Å². The van der Waals surface area contributed by atoms with Crippen LogP contribution in [0, 0.1) is 0 Å². The van der Waals surface area contributed by atoms with Crippen LogP contribution in [0.15, 0.2) is 24.3 Å². The van der Waals surface area contributed by atoms with E-state index in [4.69, 9.17) is 0 Å². The number of benzene rings is 1. The molecular weight excluding hydrogens is 256 g/mol. The van der Waals surface area contributed by atoms with E-state index in [1.54, 1.807) is 0 Å². The summed E-state index contributed by atoms with van der Waals surface area (Å²) in [5, 5.41) is 0. The molecule has 0 saturated carbocycles. The fraction of sp³-hybridized carbons (Fsp3) is 0.364. The van der Waals surface area contributed by atoms with Gasteiger partial charge in [-0.05, 0) is 18.2 Å². The maximum absolute atomic E-state index is 13.6. The van der Waals surface area contributed by atoms with Gasteiger partial charge in [0.05, 0.1) is 12.7 Å². The molecule has 0 aromatic heterocycles. The van der Waals surface area contributed by atoms with Gasteiger partial charge in [0.15, 0.2) is 0 Å². The standard InChI is InChI=1S/C11H10F4O3/c1-10(12,9(16)17-2)18-8-5-3-4-7(6-8)11(13,14)15/h3-6H,1-2H3. The summed E-state index contributed by atoms with van der Waals surface area (Å²) < 4.78 is 59.4. The molecule has 1 aromatic rings. The summed E-state index contributed by atoms with van der Waals surface area (Å²) in [6.45, 7) is 0.749. The molecule has 1 atom stereocenters. The molecule has 100 valence electrons. The van der Waals surface area contributed by atoms with Gasteiger partial charge in [0, 0.05) is 6.92 Å². The summed E-state index contributed by atoms with van der Waals surface area (Å²) >= 11 is 0. The molecule has 0 heterocycles. The molecule has 0 radical (unpaired) electrons. The Labute approximate surface area is 100 Å². The third-order valence-electron chi connectivity index (χ3n) is 2.02. The Bertz CT molecular complexity index is 440. The van der Waals surface area contributed by atoms with Crippen molar-refractivity contribution in [3.05, 3.63) is 29.8 Å². The zero-order valence-corrected chi connectivity index (χ0v) is 9.55. The number of halogens is 4. The first-order chi connectivity index (χ1) is 8.16. The highest BCUT2D eigenvalue weighted by Crippen LogP contribution is 2.32. The quantitative estimate of drug-likeness (QED) is 0.623. The van der Waals surface area contributed by atoms with Crippen molar-refractivity contribution in [2.75, 3.05) is 7.11 Å². The molecule has 1 unspecified atom stereocenters. The molecule has 0 bridgehead atoms. The van der Waals surface area contributed by atoms with Gasteiger partial charge in [-0.25, -0.2) is 4.79 Å². The zero-order valence-electron chi connectivity index (χ0n) is 9.55. The third kappa shape index (κ3) is 3.35. The van der Waals surface area contributed by atoms with Crippen molar-refractivity contribution in [2.45, 2.75) is 19.0 Å². The maximum atomic E-state index is 13.6. The highest BCUT2D eigenvalue weighted by atomic mass is 19.4. The van der Waals surface area contributed by atoms with E-state index in [0.29, 0.717) is 6.07 Å². The molecule has 0 spiro atoms. The number of hydrogen-bond acceptors (Lipinski definition) is 3. The van der Waals surface area contributed by atoms with Crippen LogP contribution in [-0.2, 0) is 15.7 Å². The van der Waals surface area contributed by atoms with E-state index in [-0.39, 0.29) is 0 Å². The Kier molecular flexibility index (Phi) is 3.83. The Morgan fingerprint density at radius 2 is 1.83 bits per heavy atom. The van der Waals surface area contributed by atoms with Crippen LogP contribution in [0.5, 0.6) is 5.75 Å². The maximum Gasteiger partial charge on any atom is 0.416 e. The Hall–Kier alpha value is -1.79. The van der Waals surface area contributed by atoms with Crippen LogP contribution in [0.4, 0.5) is 17.6 Å². The second-order valence-corrected chi connectivity index (χ2v) is 3.54. The van der Waals surface area contributed by atoms with E-state index >= 15 is 0 Å². The minimum absolute atomic E-state index is 0.416. The topological polar surface area (TPSA) is 35.5 Å². The van der Waals surface area contributed by atoms with Crippen LogP contribution in [0.25, 0.3) is 0 Å². The lowest BCUT2D eigenvalue weighted by molar-refractivity contribution is -0.174. The second kappa shape index (κ2) is 4.83. The molecule has 0 fully saturated rings. The van der Waals surface area contributed by atoms with Gasteiger partial charge in [0.1, 0.15) is 5.75 Å². The highest BCUT2D eigenvalue weighted by molar-refractivity contribution is 5.77. The lowest BCUT2D eigenvalue weighted by Gasteiger charge is -2.19. The van der Waals surface area contributed by atoms with Crippen molar-refractivity contribution in [2.24, 2.45) is 0 Å². The van der Waals surface area contributed by atoms with E-state index < -0.39 is 29.3 Å². The van der Waals surface area contributed by atoms with Gasteiger partial charge in [-0.3, -0.25) is 0 Å². The molecule has 0 N–H and O–H groups in total. The molecule has 0 aliphatic heterocycles. The van der Waals surface area contributed by atoms with Gasteiger partial charge in [-0.1, -0.05) is 6.07 Å². The van der Waals surface area contributed by atoms with E-state index in [9.17, 15) is 22.4 Å². The predicted octanol–water partition coefficient (Wildman–Crippen LogP) is 2.94. The number of hydrogen-bond donors (Lipinski definition) is 0. The monoisotopic (exact) mass is 266 g/mol. The summed E-state index contributed by atoms with van der Waals surface area (Å²) in [6, 6.07) is 3.56. The van der Waals surface area contributed by atoms with Gasteiger partial charge in [0.2, 0.25) is 0 Å². The van der Waals surface area contributed by atoms with Crippen LogP contribution in [0.2, 0.25) is 0 Å². The number of rotatable bonds is 3. The number of esters is 1. The molecule has 3 nitrogen and oxygen atoms in total. The molecule has 1 rings (SSSR count). The van der Waals surface area contributed by atoms with E-state index in [1.165, 1.54) is 0 Å². The average molecular weight is 266 g/mol. The summed E-state index contributed by atoms with van der Waals surface area (Å²) in [4.78, 5) is 11.0. The normalized spacial score (nSPS) is 14.8. The molecular formula is C11H10F4O3. The number of carbonyl (C=O) groups excluding carboxylic acids is 1. The second-order valence-electron chi connectivity index (χ2n) is 3.54. The lowest BCUT2D eigenvalue weighted by Crippen LogP contribution is -2.37. The first-order valence-corrected chi connectivity index (χ1v) is 4.80.